The molecule has 1 aromatic rings. The number of halogens is 1. The van der Waals surface area contributed by atoms with Crippen molar-refractivity contribution in [3.8, 4) is 0 Å². The standard InChI is InChI=1S/C12H15ClN2O/c13-12-4-2-1-3-11(12)9-14-5-7-15(10-16)8-6-14/h1-4,10H,5-9H2. The van der Waals surface area contributed by atoms with Crippen LogP contribution in [-0.4, -0.2) is 42.4 Å². The van der Waals surface area contributed by atoms with Crippen LogP contribution in [-0.2, 0) is 11.3 Å². The summed E-state index contributed by atoms with van der Waals surface area (Å²) in [6.07, 6.45) is 0.923. The summed E-state index contributed by atoms with van der Waals surface area (Å²) in [5.74, 6) is 0. The average Bonchev–Trinajstić information content (AvgIpc) is 2.33. The minimum atomic E-state index is 0.813. The summed E-state index contributed by atoms with van der Waals surface area (Å²) in [6.45, 7) is 4.34. The van der Waals surface area contributed by atoms with Crippen molar-refractivity contribution in [2.75, 3.05) is 26.2 Å². The number of benzene rings is 1. The predicted octanol–water partition coefficient (Wildman–Crippen LogP) is 1.61. The molecule has 0 spiro atoms. The van der Waals surface area contributed by atoms with E-state index in [-0.39, 0.29) is 0 Å². The third kappa shape index (κ3) is 2.74. The van der Waals surface area contributed by atoms with E-state index in [2.05, 4.69) is 11.0 Å². The highest BCUT2D eigenvalue weighted by Crippen LogP contribution is 2.17. The average molecular weight is 239 g/mol. The van der Waals surface area contributed by atoms with Gasteiger partial charge >= 0.3 is 0 Å². The zero-order valence-electron chi connectivity index (χ0n) is 9.10. The summed E-state index contributed by atoms with van der Waals surface area (Å²) in [4.78, 5) is 14.7. The molecule has 1 saturated heterocycles. The smallest absolute Gasteiger partial charge is 0.209 e. The largest absolute Gasteiger partial charge is 0.343 e. The quantitative estimate of drug-likeness (QED) is 0.747. The summed E-state index contributed by atoms with van der Waals surface area (Å²) in [7, 11) is 0. The van der Waals surface area contributed by atoms with Crippen LogP contribution in [0.2, 0.25) is 5.02 Å². The number of hydrogen-bond donors (Lipinski definition) is 0. The van der Waals surface area contributed by atoms with Gasteiger partial charge in [-0.3, -0.25) is 9.69 Å². The van der Waals surface area contributed by atoms with Crippen LogP contribution in [0.4, 0.5) is 0 Å². The maximum atomic E-state index is 10.6. The van der Waals surface area contributed by atoms with E-state index in [1.54, 1.807) is 0 Å². The molecule has 4 heteroatoms. The molecule has 0 bridgehead atoms. The van der Waals surface area contributed by atoms with Gasteiger partial charge in [0.15, 0.2) is 0 Å². The number of carbonyl (C=O) groups excluding carboxylic acids is 1. The Morgan fingerprint density at radius 2 is 1.88 bits per heavy atom. The van der Waals surface area contributed by atoms with Crippen LogP contribution >= 0.6 is 11.6 Å². The van der Waals surface area contributed by atoms with E-state index in [1.807, 2.05) is 23.1 Å². The van der Waals surface area contributed by atoms with E-state index in [9.17, 15) is 4.79 Å². The summed E-state index contributed by atoms with van der Waals surface area (Å²) in [5.41, 5.74) is 1.16. The van der Waals surface area contributed by atoms with Crippen molar-refractivity contribution in [3.63, 3.8) is 0 Å². The Hall–Kier alpha value is -1.06. The fourth-order valence-corrected chi connectivity index (χ4v) is 2.09. The van der Waals surface area contributed by atoms with Crippen LogP contribution in [0.15, 0.2) is 24.3 Å². The molecule has 3 nitrogen and oxygen atoms in total. The number of carbonyl (C=O) groups is 1. The minimum absolute atomic E-state index is 0.813. The van der Waals surface area contributed by atoms with Gasteiger partial charge in [-0.15, -0.1) is 0 Å². The van der Waals surface area contributed by atoms with Crippen LogP contribution < -0.4 is 0 Å². The molecule has 0 aromatic heterocycles. The van der Waals surface area contributed by atoms with Crippen molar-refractivity contribution < 1.29 is 4.79 Å². The highest BCUT2D eigenvalue weighted by Gasteiger charge is 2.15. The third-order valence-electron chi connectivity index (χ3n) is 2.91. The van der Waals surface area contributed by atoms with Gasteiger partial charge in [-0.1, -0.05) is 29.8 Å². The lowest BCUT2D eigenvalue weighted by molar-refractivity contribution is -0.119. The van der Waals surface area contributed by atoms with Crippen molar-refractivity contribution in [1.29, 1.82) is 0 Å². The molecular weight excluding hydrogens is 224 g/mol. The van der Waals surface area contributed by atoms with Crippen molar-refractivity contribution in [3.05, 3.63) is 34.9 Å². The first kappa shape index (κ1) is 11.4. The minimum Gasteiger partial charge on any atom is -0.343 e. The molecule has 0 unspecified atom stereocenters. The second-order valence-corrected chi connectivity index (χ2v) is 4.42. The zero-order chi connectivity index (χ0) is 11.4. The van der Waals surface area contributed by atoms with E-state index in [0.717, 1.165) is 49.7 Å². The normalized spacial score (nSPS) is 17.4. The van der Waals surface area contributed by atoms with Gasteiger partial charge in [0.25, 0.3) is 0 Å². The number of amides is 1. The lowest BCUT2D eigenvalue weighted by Crippen LogP contribution is -2.45. The maximum Gasteiger partial charge on any atom is 0.209 e. The summed E-state index contributed by atoms with van der Waals surface area (Å²) < 4.78 is 0. The second-order valence-electron chi connectivity index (χ2n) is 4.01. The monoisotopic (exact) mass is 238 g/mol. The Morgan fingerprint density at radius 3 is 2.50 bits per heavy atom. The van der Waals surface area contributed by atoms with Crippen LogP contribution in [0.1, 0.15) is 5.56 Å². The summed E-state index contributed by atoms with van der Waals surface area (Å²) in [5, 5.41) is 0.820. The number of hydrogen-bond acceptors (Lipinski definition) is 2. The van der Waals surface area contributed by atoms with Gasteiger partial charge in [-0.25, -0.2) is 0 Å². The van der Waals surface area contributed by atoms with E-state index in [1.165, 1.54) is 0 Å². The Labute approximate surface area is 101 Å². The van der Waals surface area contributed by atoms with Gasteiger partial charge in [-0.05, 0) is 11.6 Å². The molecule has 0 aliphatic carbocycles. The van der Waals surface area contributed by atoms with Gasteiger partial charge in [0.1, 0.15) is 0 Å². The Morgan fingerprint density at radius 1 is 1.19 bits per heavy atom. The molecule has 86 valence electrons. The highest BCUT2D eigenvalue weighted by atomic mass is 35.5. The molecule has 2 rings (SSSR count). The van der Waals surface area contributed by atoms with E-state index in [0.29, 0.717) is 0 Å². The van der Waals surface area contributed by atoms with Crippen LogP contribution in [0, 0.1) is 0 Å². The Bertz CT molecular complexity index is 362. The third-order valence-corrected chi connectivity index (χ3v) is 3.28. The summed E-state index contributed by atoms with van der Waals surface area (Å²) >= 11 is 6.11. The lowest BCUT2D eigenvalue weighted by atomic mass is 10.2. The molecule has 0 atom stereocenters. The first-order valence-corrected chi connectivity index (χ1v) is 5.82. The Kier molecular flexibility index (Phi) is 3.80. The SMILES string of the molecule is O=CN1CCN(Cc2ccccc2Cl)CC1. The van der Waals surface area contributed by atoms with Crippen molar-refractivity contribution in [2.24, 2.45) is 0 Å². The van der Waals surface area contributed by atoms with Crippen molar-refractivity contribution in [1.82, 2.24) is 9.80 Å². The van der Waals surface area contributed by atoms with E-state index < -0.39 is 0 Å². The van der Waals surface area contributed by atoms with Crippen LogP contribution in [0.3, 0.4) is 0 Å². The second kappa shape index (κ2) is 5.32. The van der Waals surface area contributed by atoms with Crippen molar-refractivity contribution >= 4 is 18.0 Å². The molecular formula is C12H15ClN2O. The molecule has 0 saturated carbocycles. The first-order valence-electron chi connectivity index (χ1n) is 5.44. The molecule has 1 aromatic carbocycles. The fraction of sp³-hybridized carbons (Fsp3) is 0.417. The zero-order valence-corrected chi connectivity index (χ0v) is 9.86. The van der Waals surface area contributed by atoms with Gasteiger partial charge < -0.3 is 4.90 Å². The highest BCUT2D eigenvalue weighted by molar-refractivity contribution is 6.31. The Balaban J connectivity index is 1.92. The molecule has 0 radical (unpaired) electrons. The molecule has 1 aliphatic rings. The molecule has 0 N–H and O–H groups in total. The maximum absolute atomic E-state index is 10.6. The number of rotatable bonds is 3. The molecule has 1 aliphatic heterocycles. The first-order chi connectivity index (χ1) is 7.79. The van der Waals surface area contributed by atoms with Crippen molar-refractivity contribution in [2.45, 2.75) is 6.54 Å². The van der Waals surface area contributed by atoms with E-state index >= 15 is 0 Å². The summed E-state index contributed by atoms with van der Waals surface area (Å²) in [6, 6.07) is 7.91. The molecule has 1 amide bonds. The molecule has 16 heavy (non-hydrogen) atoms. The number of piperazine rings is 1. The van der Waals surface area contributed by atoms with Crippen LogP contribution in [0.25, 0.3) is 0 Å². The molecule has 1 fully saturated rings. The fourth-order valence-electron chi connectivity index (χ4n) is 1.89. The lowest BCUT2D eigenvalue weighted by Gasteiger charge is -2.32. The number of nitrogens with zero attached hydrogens (tertiary/aromatic N) is 2. The van der Waals surface area contributed by atoms with E-state index in [4.69, 9.17) is 11.6 Å². The van der Waals surface area contributed by atoms with Gasteiger partial charge in [0.2, 0.25) is 6.41 Å². The van der Waals surface area contributed by atoms with Gasteiger partial charge in [-0.2, -0.15) is 0 Å². The van der Waals surface area contributed by atoms with Gasteiger partial charge in [0, 0.05) is 37.7 Å². The van der Waals surface area contributed by atoms with Gasteiger partial charge in [0.05, 0.1) is 0 Å². The van der Waals surface area contributed by atoms with Crippen LogP contribution in [0.5, 0.6) is 0 Å². The predicted molar refractivity (Wildman–Crippen MR) is 64.4 cm³/mol. The molecule has 1 heterocycles. The topological polar surface area (TPSA) is 23.6 Å².